The Morgan fingerprint density at radius 1 is 0.547 bits per heavy atom. The quantitative estimate of drug-likeness (QED) is 0.0739. The van der Waals surface area contributed by atoms with E-state index in [1.807, 2.05) is 36.4 Å². The summed E-state index contributed by atoms with van der Waals surface area (Å²) in [5.74, 6) is 2.42. The second-order valence-corrected chi connectivity index (χ2v) is 16.1. The number of nitrogens with two attached hydrogens (primary N) is 1. The van der Waals surface area contributed by atoms with E-state index in [0.29, 0.717) is 96.9 Å². The standard InChI is InChI=1S/C24H21Cl2N7O2S.C18H19N7O2S/c25-16-6-4-7-17(20(16)26)28-22-23(31-36-30-22)29-18-8-3-5-15(21(18)34)24(35)33-13-11-32(12-14-33)19-9-1-2-10-27-19;19-16-17(23-28-22-16)21-13-5-3-4-12(15(13)26)18(27)25-10-8-24(9-11-25)14-6-1-2-7-20-14/h1-10,34H,11-14H2,(H,28,30)(H,29,31);1-7,26H,8-11H2,(H2,19,22)(H,21,23). The third-order valence-electron chi connectivity index (χ3n) is 10.3. The maximum atomic E-state index is 13.2. The van der Waals surface area contributed by atoms with Crippen LogP contribution in [0.2, 0.25) is 10.0 Å². The van der Waals surface area contributed by atoms with Crippen LogP contribution >= 0.6 is 46.7 Å². The van der Waals surface area contributed by atoms with Gasteiger partial charge in [-0.15, -0.1) is 0 Å². The number of phenols is 2. The van der Waals surface area contributed by atoms with Crippen molar-refractivity contribution in [3.8, 4) is 11.5 Å². The molecule has 0 saturated carbocycles. The molecule has 7 N–H and O–H groups in total. The average molecular weight is 940 g/mol. The number of hydrogen-bond donors (Lipinski definition) is 6. The molecule has 18 nitrogen and oxygen atoms in total. The normalized spacial score (nSPS) is 13.8. The third kappa shape index (κ3) is 9.94. The van der Waals surface area contributed by atoms with Crippen molar-refractivity contribution in [2.75, 3.05) is 83.8 Å². The molecule has 328 valence electrons. The smallest absolute Gasteiger partial charge is 0.257 e. The van der Waals surface area contributed by atoms with Gasteiger partial charge >= 0.3 is 0 Å². The first-order valence-corrected chi connectivity index (χ1v) is 22.1. The predicted octanol–water partition coefficient (Wildman–Crippen LogP) is 7.32. The lowest BCUT2D eigenvalue weighted by atomic mass is 10.1. The monoisotopic (exact) mass is 938 g/mol. The van der Waals surface area contributed by atoms with Crippen LogP contribution in [0.15, 0.2) is 103 Å². The lowest BCUT2D eigenvalue weighted by molar-refractivity contribution is 0.0735. The molecule has 0 atom stereocenters. The van der Waals surface area contributed by atoms with Crippen LogP contribution in [0.3, 0.4) is 0 Å². The van der Waals surface area contributed by atoms with Gasteiger partial charge in [0.05, 0.1) is 61.7 Å². The maximum Gasteiger partial charge on any atom is 0.257 e. The number of halogens is 2. The van der Waals surface area contributed by atoms with E-state index < -0.39 is 0 Å². The largest absolute Gasteiger partial charge is 0.505 e. The van der Waals surface area contributed by atoms with Crippen LogP contribution < -0.4 is 31.5 Å². The minimum absolute atomic E-state index is 0.132. The first-order chi connectivity index (χ1) is 31.1. The van der Waals surface area contributed by atoms with Crippen molar-refractivity contribution in [3.05, 3.63) is 125 Å². The molecule has 4 aromatic heterocycles. The first kappa shape index (κ1) is 43.6. The highest BCUT2D eigenvalue weighted by Crippen LogP contribution is 2.37. The summed E-state index contributed by atoms with van der Waals surface area (Å²) >= 11 is 14.3. The topological polar surface area (TPSA) is 227 Å². The number of aromatic nitrogens is 6. The lowest BCUT2D eigenvalue weighted by Crippen LogP contribution is -2.49. The number of phenolic OH excluding ortho intramolecular Hbond substituents is 2. The zero-order chi connectivity index (χ0) is 44.6. The number of nitrogens with zero attached hydrogens (tertiary/aromatic N) is 10. The van der Waals surface area contributed by atoms with Gasteiger partial charge in [0.25, 0.3) is 11.8 Å². The van der Waals surface area contributed by atoms with Gasteiger partial charge in [-0.25, -0.2) is 9.97 Å². The molecular weight excluding hydrogens is 900 g/mol. The van der Waals surface area contributed by atoms with Crippen LogP contribution in [0.5, 0.6) is 11.5 Å². The zero-order valence-electron chi connectivity index (χ0n) is 33.8. The minimum atomic E-state index is -0.239. The number of piperazine rings is 2. The number of rotatable bonds is 10. The molecular formula is C42H40Cl2N14O4S2. The van der Waals surface area contributed by atoms with E-state index in [0.717, 1.165) is 35.1 Å². The summed E-state index contributed by atoms with van der Waals surface area (Å²) in [4.78, 5) is 42.6. The second-order valence-electron chi connectivity index (χ2n) is 14.3. The Bertz CT molecular complexity index is 2720. The molecule has 7 aromatic rings. The average Bonchev–Trinajstić information content (AvgIpc) is 3.96. The van der Waals surface area contributed by atoms with Gasteiger partial charge in [0, 0.05) is 64.8 Å². The summed E-state index contributed by atoms with van der Waals surface area (Å²) in [7, 11) is 0. The van der Waals surface area contributed by atoms with Gasteiger partial charge in [-0.3, -0.25) is 9.59 Å². The lowest BCUT2D eigenvalue weighted by Gasteiger charge is -2.35. The van der Waals surface area contributed by atoms with Gasteiger partial charge in [0.15, 0.2) is 34.8 Å². The highest BCUT2D eigenvalue weighted by Gasteiger charge is 2.27. The highest BCUT2D eigenvalue weighted by molar-refractivity contribution is 7.00. The Hall–Kier alpha value is -7.00. The molecule has 64 heavy (non-hydrogen) atoms. The van der Waals surface area contributed by atoms with Gasteiger partial charge in [-0.2, -0.15) is 17.5 Å². The van der Waals surface area contributed by atoms with Crippen molar-refractivity contribution >= 4 is 110 Å². The summed E-state index contributed by atoms with van der Waals surface area (Å²) in [6.45, 7) is 4.84. The summed E-state index contributed by atoms with van der Waals surface area (Å²) in [5.41, 5.74) is 7.43. The molecule has 2 saturated heterocycles. The third-order valence-corrected chi connectivity index (χ3v) is 12.2. The molecule has 0 aliphatic carbocycles. The molecule has 0 unspecified atom stereocenters. The number of pyridine rings is 2. The van der Waals surface area contributed by atoms with Crippen LogP contribution in [0, 0.1) is 0 Å². The summed E-state index contributed by atoms with van der Waals surface area (Å²) in [5, 5.41) is 31.4. The number of aromatic hydroxyl groups is 2. The molecule has 2 aliphatic heterocycles. The highest BCUT2D eigenvalue weighted by atomic mass is 35.5. The van der Waals surface area contributed by atoms with Crippen LogP contribution in [-0.4, -0.2) is 112 Å². The number of para-hydroxylation sites is 2. The molecule has 2 amide bonds. The van der Waals surface area contributed by atoms with E-state index in [1.54, 1.807) is 76.8 Å². The summed E-state index contributed by atoms with van der Waals surface area (Å²) in [6.07, 6.45) is 3.51. The van der Waals surface area contributed by atoms with E-state index in [4.69, 9.17) is 28.9 Å². The summed E-state index contributed by atoms with van der Waals surface area (Å²) < 4.78 is 16.4. The Morgan fingerprint density at radius 3 is 1.45 bits per heavy atom. The van der Waals surface area contributed by atoms with E-state index in [2.05, 4.69) is 53.2 Å². The molecule has 6 heterocycles. The number of hydrogen-bond acceptors (Lipinski definition) is 18. The fourth-order valence-corrected chi connectivity index (χ4v) is 8.20. The number of carbonyl (C=O) groups excluding carboxylic acids is 2. The fraction of sp³-hybridized carbons (Fsp3) is 0.190. The van der Waals surface area contributed by atoms with E-state index in [9.17, 15) is 19.8 Å². The minimum Gasteiger partial charge on any atom is -0.505 e. The first-order valence-electron chi connectivity index (χ1n) is 19.8. The van der Waals surface area contributed by atoms with Crippen LogP contribution in [0.1, 0.15) is 20.7 Å². The Balaban J connectivity index is 0.000000181. The van der Waals surface area contributed by atoms with E-state index >= 15 is 0 Å². The van der Waals surface area contributed by atoms with Crippen molar-refractivity contribution in [3.63, 3.8) is 0 Å². The van der Waals surface area contributed by atoms with Crippen LogP contribution in [0.25, 0.3) is 0 Å². The number of anilines is 9. The SMILES string of the molecule is Nc1nsnc1Nc1cccc(C(=O)N2CCN(c3ccccn3)CC2)c1O.O=C(c1cccc(Nc2nsnc2Nc2cccc(Cl)c2Cl)c1O)N1CCN(c2ccccn2)CC1. The van der Waals surface area contributed by atoms with E-state index in [-0.39, 0.29) is 40.3 Å². The molecule has 3 aromatic carbocycles. The molecule has 2 fully saturated rings. The number of amides is 2. The molecule has 2 aliphatic rings. The number of benzene rings is 3. The summed E-state index contributed by atoms with van der Waals surface area (Å²) in [6, 6.07) is 26.7. The van der Waals surface area contributed by atoms with Gasteiger partial charge in [0.2, 0.25) is 0 Å². The van der Waals surface area contributed by atoms with Gasteiger partial charge in [0.1, 0.15) is 11.6 Å². The fourth-order valence-electron chi connectivity index (χ4n) is 6.95. The van der Waals surface area contributed by atoms with Crippen molar-refractivity contribution in [1.29, 1.82) is 0 Å². The Kier molecular flexibility index (Phi) is 13.6. The van der Waals surface area contributed by atoms with Gasteiger partial charge < -0.3 is 51.5 Å². The predicted molar refractivity (Wildman–Crippen MR) is 251 cm³/mol. The van der Waals surface area contributed by atoms with Crippen molar-refractivity contribution in [2.24, 2.45) is 0 Å². The molecule has 0 spiro atoms. The molecule has 0 radical (unpaired) electrons. The number of nitrogen functional groups attached to an aromatic ring is 1. The van der Waals surface area contributed by atoms with Crippen LogP contribution in [-0.2, 0) is 0 Å². The van der Waals surface area contributed by atoms with Crippen molar-refractivity contribution < 1.29 is 19.8 Å². The maximum absolute atomic E-state index is 13.2. The molecule has 9 rings (SSSR count). The van der Waals surface area contributed by atoms with Gasteiger partial charge in [-0.05, 0) is 60.7 Å². The van der Waals surface area contributed by atoms with Crippen molar-refractivity contribution in [1.82, 2.24) is 37.3 Å². The van der Waals surface area contributed by atoms with E-state index in [1.165, 1.54) is 0 Å². The molecule has 0 bridgehead atoms. The Morgan fingerprint density at radius 2 is 0.984 bits per heavy atom. The number of nitrogens with one attached hydrogen (secondary N) is 3. The Labute approximate surface area is 385 Å². The molecule has 22 heteroatoms. The van der Waals surface area contributed by atoms with Gasteiger partial charge in [-0.1, -0.05) is 53.5 Å². The second kappa shape index (κ2) is 20.0. The zero-order valence-corrected chi connectivity index (χ0v) is 36.9. The number of carbonyl (C=O) groups is 2. The van der Waals surface area contributed by atoms with Crippen molar-refractivity contribution in [2.45, 2.75) is 0 Å². The van der Waals surface area contributed by atoms with Crippen LogP contribution in [0.4, 0.5) is 52.0 Å².